The van der Waals surface area contributed by atoms with Crippen LogP contribution < -0.4 is 5.32 Å². The number of nitrogens with one attached hydrogen (secondary N) is 1. The van der Waals surface area contributed by atoms with Crippen LogP contribution in [0.25, 0.3) is 10.9 Å². The molecule has 0 saturated carbocycles. The molecule has 5 heteroatoms. The van der Waals surface area contributed by atoms with Crippen LogP contribution in [0.5, 0.6) is 0 Å². The van der Waals surface area contributed by atoms with Crippen molar-refractivity contribution in [2.75, 3.05) is 32.6 Å². The standard InChI is InChI=1S/C22H33N3O2/c1-4-27-22(26)23-17-12-13-19-18-10-7-5-6-8-11-20(18)25(21(19)16-17)15-9-14-24(2)3/h12-13,16H,4-11,14-15H2,1-3H3,(H,23,26). The largest absolute Gasteiger partial charge is 0.450 e. The summed E-state index contributed by atoms with van der Waals surface area (Å²) < 4.78 is 7.54. The fourth-order valence-corrected chi connectivity index (χ4v) is 4.15. The van der Waals surface area contributed by atoms with E-state index in [-0.39, 0.29) is 6.09 Å². The molecule has 0 aliphatic heterocycles. The van der Waals surface area contributed by atoms with Crippen LogP contribution in [-0.2, 0) is 24.1 Å². The third-order valence-corrected chi connectivity index (χ3v) is 5.39. The van der Waals surface area contributed by atoms with Gasteiger partial charge in [-0.15, -0.1) is 0 Å². The van der Waals surface area contributed by atoms with Crippen LogP contribution in [0.1, 0.15) is 50.3 Å². The van der Waals surface area contributed by atoms with Crippen molar-refractivity contribution in [2.45, 2.75) is 58.4 Å². The van der Waals surface area contributed by atoms with Crippen LogP contribution in [0, 0.1) is 0 Å². The molecule has 1 amide bonds. The summed E-state index contributed by atoms with van der Waals surface area (Å²) in [4.78, 5) is 14.1. The number of anilines is 1. The molecular weight excluding hydrogens is 338 g/mol. The van der Waals surface area contributed by atoms with E-state index in [0.29, 0.717) is 6.61 Å². The number of benzene rings is 1. The molecule has 1 aromatic heterocycles. The van der Waals surface area contributed by atoms with Crippen LogP contribution in [0.4, 0.5) is 10.5 Å². The van der Waals surface area contributed by atoms with E-state index in [1.165, 1.54) is 47.8 Å². The minimum Gasteiger partial charge on any atom is -0.450 e. The first-order chi connectivity index (χ1) is 13.1. The molecule has 0 bridgehead atoms. The molecular formula is C22H33N3O2. The van der Waals surface area contributed by atoms with Crippen molar-refractivity contribution in [1.29, 1.82) is 0 Å². The van der Waals surface area contributed by atoms with E-state index in [2.05, 4.69) is 41.0 Å². The number of carbonyl (C=O) groups is 1. The van der Waals surface area contributed by atoms with E-state index in [9.17, 15) is 4.79 Å². The summed E-state index contributed by atoms with van der Waals surface area (Å²) in [5.74, 6) is 0. The maximum atomic E-state index is 11.8. The predicted molar refractivity (Wildman–Crippen MR) is 112 cm³/mol. The second kappa shape index (κ2) is 9.27. The highest BCUT2D eigenvalue weighted by atomic mass is 16.5. The number of hydrogen-bond acceptors (Lipinski definition) is 3. The van der Waals surface area contributed by atoms with Crippen LogP contribution in [-0.4, -0.2) is 42.8 Å². The first-order valence-electron chi connectivity index (χ1n) is 10.3. The summed E-state index contributed by atoms with van der Waals surface area (Å²) >= 11 is 0. The Morgan fingerprint density at radius 1 is 1.19 bits per heavy atom. The highest BCUT2D eigenvalue weighted by Gasteiger charge is 2.19. The molecule has 1 heterocycles. The van der Waals surface area contributed by atoms with Gasteiger partial charge in [0.25, 0.3) is 0 Å². The van der Waals surface area contributed by atoms with Gasteiger partial charge in [-0.1, -0.05) is 18.9 Å². The second-order valence-corrected chi connectivity index (χ2v) is 7.73. The summed E-state index contributed by atoms with van der Waals surface area (Å²) in [6.45, 7) is 4.30. The summed E-state index contributed by atoms with van der Waals surface area (Å²) in [5.41, 5.74) is 5.09. The quantitative estimate of drug-likeness (QED) is 0.792. The smallest absolute Gasteiger partial charge is 0.411 e. The first-order valence-corrected chi connectivity index (χ1v) is 10.3. The molecule has 27 heavy (non-hydrogen) atoms. The number of aromatic nitrogens is 1. The first kappa shape index (κ1) is 19.7. The number of carbonyl (C=O) groups excluding carboxylic acids is 1. The number of rotatable bonds is 6. The topological polar surface area (TPSA) is 46.5 Å². The third-order valence-electron chi connectivity index (χ3n) is 5.39. The fraction of sp³-hybridized carbons (Fsp3) is 0.591. The Hall–Kier alpha value is -2.01. The Morgan fingerprint density at radius 2 is 1.96 bits per heavy atom. The summed E-state index contributed by atoms with van der Waals surface area (Å²) in [6.07, 6.45) is 8.25. The number of hydrogen-bond donors (Lipinski definition) is 1. The monoisotopic (exact) mass is 371 g/mol. The lowest BCUT2D eigenvalue weighted by Crippen LogP contribution is -2.16. The SMILES string of the molecule is CCOC(=O)Nc1ccc2c3c(n(CCCN(C)C)c2c1)CCCCCC3. The van der Waals surface area contributed by atoms with E-state index >= 15 is 0 Å². The summed E-state index contributed by atoms with van der Waals surface area (Å²) in [5, 5.41) is 4.21. The van der Waals surface area contributed by atoms with Crippen LogP contribution in [0.2, 0.25) is 0 Å². The van der Waals surface area contributed by atoms with Crippen LogP contribution in [0.15, 0.2) is 18.2 Å². The Kier molecular flexibility index (Phi) is 6.78. The molecule has 0 saturated heterocycles. The van der Waals surface area contributed by atoms with Crippen LogP contribution in [0.3, 0.4) is 0 Å². The average molecular weight is 372 g/mol. The van der Waals surface area contributed by atoms with Gasteiger partial charge >= 0.3 is 6.09 Å². The van der Waals surface area contributed by atoms with Gasteiger partial charge in [-0.05, 0) is 77.4 Å². The van der Waals surface area contributed by atoms with Crippen molar-refractivity contribution in [3.05, 3.63) is 29.5 Å². The predicted octanol–water partition coefficient (Wildman–Crippen LogP) is 4.82. The van der Waals surface area contributed by atoms with E-state index in [4.69, 9.17) is 4.74 Å². The lowest BCUT2D eigenvalue weighted by Gasteiger charge is -2.16. The van der Waals surface area contributed by atoms with E-state index in [1.54, 1.807) is 0 Å². The fourth-order valence-electron chi connectivity index (χ4n) is 4.15. The molecule has 0 atom stereocenters. The van der Waals surface area contributed by atoms with E-state index < -0.39 is 0 Å². The van der Waals surface area contributed by atoms with Gasteiger partial charge in [0.05, 0.1) is 12.1 Å². The van der Waals surface area contributed by atoms with Gasteiger partial charge in [0.2, 0.25) is 0 Å². The zero-order chi connectivity index (χ0) is 19.2. The van der Waals surface area contributed by atoms with Crippen LogP contribution >= 0.6 is 0 Å². The van der Waals surface area contributed by atoms with Crippen molar-refractivity contribution >= 4 is 22.7 Å². The minimum atomic E-state index is -0.388. The van der Waals surface area contributed by atoms with Gasteiger partial charge in [-0.3, -0.25) is 5.32 Å². The molecule has 1 aromatic carbocycles. The molecule has 5 nitrogen and oxygen atoms in total. The van der Waals surface area contributed by atoms with Gasteiger partial charge in [-0.2, -0.15) is 0 Å². The van der Waals surface area contributed by atoms with Crippen molar-refractivity contribution in [3.63, 3.8) is 0 Å². The number of nitrogens with zero attached hydrogens (tertiary/aromatic N) is 2. The van der Waals surface area contributed by atoms with E-state index in [1.807, 2.05) is 13.0 Å². The normalized spacial score (nSPS) is 14.7. The zero-order valence-electron chi connectivity index (χ0n) is 17.0. The lowest BCUT2D eigenvalue weighted by molar-refractivity contribution is 0.168. The lowest BCUT2D eigenvalue weighted by atomic mass is 9.96. The maximum absolute atomic E-state index is 11.8. The number of fused-ring (bicyclic) bond motifs is 3. The average Bonchev–Trinajstić information content (AvgIpc) is 2.86. The van der Waals surface area contributed by atoms with Gasteiger partial charge in [0, 0.05) is 23.3 Å². The number of amides is 1. The molecule has 0 fully saturated rings. The van der Waals surface area contributed by atoms with Crippen molar-refractivity contribution < 1.29 is 9.53 Å². The Morgan fingerprint density at radius 3 is 2.70 bits per heavy atom. The molecule has 1 N–H and O–H groups in total. The van der Waals surface area contributed by atoms with E-state index in [0.717, 1.165) is 38.0 Å². The highest BCUT2D eigenvalue weighted by molar-refractivity contribution is 5.92. The van der Waals surface area contributed by atoms with Crippen molar-refractivity contribution in [1.82, 2.24) is 9.47 Å². The third kappa shape index (κ3) is 4.83. The maximum Gasteiger partial charge on any atom is 0.411 e. The molecule has 2 aromatic rings. The zero-order valence-corrected chi connectivity index (χ0v) is 17.0. The second-order valence-electron chi connectivity index (χ2n) is 7.73. The highest BCUT2D eigenvalue weighted by Crippen LogP contribution is 2.33. The van der Waals surface area contributed by atoms with Gasteiger partial charge in [0.1, 0.15) is 0 Å². The molecule has 3 rings (SSSR count). The van der Waals surface area contributed by atoms with Gasteiger partial charge in [-0.25, -0.2) is 4.79 Å². The van der Waals surface area contributed by atoms with Gasteiger partial charge in [0.15, 0.2) is 0 Å². The molecule has 1 aliphatic rings. The summed E-state index contributed by atoms with van der Waals surface area (Å²) in [6, 6.07) is 6.30. The number of ether oxygens (including phenoxy) is 1. The molecule has 0 radical (unpaired) electrons. The van der Waals surface area contributed by atoms with Crippen molar-refractivity contribution in [3.8, 4) is 0 Å². The Labute approximate surface area is 162 Å². The molecule has 1 aliphatic carbocycles. The number of aryl methyl sites for hydroxylation is 2. The molecule has 0 unspecified atom stereocenters. The Bertz CT molecular complexity index is 779. The van der Waals surface area contributed by atoms with Gasteiger partial charge < -0.3 is 14.2 Å². The minimum absolute atomic E-state index is 0.378. The van der Waals surface area contributed by atoms with Crippen molar-refractivity contribution in [2.24, 2.45) is 0 Å². The summed E-state index contributed by atoms with van der Waals surface area (Å²) in [7, 11) is 4.25. The Balaban J connectivity index is 1.97. The molecule has 148 valence electrons. The molecule has 0 spiro atoms.